The molecule has 0 fully saturated rings. The first-order valence-corrected chi connectivity index (χ1v) is 12.9. The smallest absolute Gasteiger partial charge is 0.339 e. The molecule has 192 valence electrons. The molecule has 7 nitrogen and oxygen atoms in total. The number of amides is 1. The van der Waals surface area contributed by atoms with Crippen LogP contribution in [0.2, 0.25) is 15.1 Å². The van der Waals surface area contributed by atoms with E-state index >= 15 is 0 Å². The van der Waals surface area contributed by atoms with Crippen molar-refractivity contribution in [3.05, 3.63) is 79.7 Å². The summed E-state index contributed by atoms with van der Waals surface area (Å²) in [5.41, 5.74) is 6.13. The van der Waals surface area contributed by atoms with E-state index in [9.17, 15) is 14.4 Å². The lowest BCUT2D eigenvalue weighted by atomic mass is 9.60. The number of carbonyl (C=O) groups is 3. The second-order valence-corrected chi connectivity index (χ2v) is 11.3. The number of allylic oxidation sites excluding steroid dienone is 1. The van der Waals surface area contributed by atoms with Crippen LogP contribution >= 0.6 is 34.8 Å². The van der Waals surface area contributed by atoms with Crippen LogP contribution in [0.4, 0.5) is 11.4 Å². The number of rotatable bonds is 3. The molecule has 1 atom stereocenters. The molecule has 1 spiro atoms. The number of nitrogens with zero attached hydrogens (tertiary/aromatic N) is 1. The van der Waals surface area contributed by atoms with Gasteiger partial charge in [0, 0.05) is 34.0 Å². The highest BCUT2D eigenvalue weighted by Crippen LogP contribution is 2.58. The number of nitrogens with two attached hydrogens (primary N) is 1. The Morgan fingerprint density at radius 3 is 2.57 bits per heavy atom. The van der Waals surface area contributed by atoms with Gasteiger partial charge in [-0.25, -0.2) is 4.79 Å². The monoisotopic (exact) mass is 559 g/mol. The molecule has 3 aliphatic rings. The second kappa shape index (κ2) is 8.79. The number of benzene rings is 2. The van der Waals surface area contributed by atoms with Crippen molar-refractivity contribution in [3.63, 3.8) is 0 Å². The summed E-state index contributed by atoms with van der Waals surface area (Å²) in [5.74, 6) is -1.76. The molecule has 5 rings (SSSR count). The third-order valence-corrected chi connectivity index (χ3v) is 8.04. The molecule has 2 heterocycles. The van der Waals surface area contributed by atoms with E-state index in [1.807, 2.05) is 13.8 Å². The van der Waals surface area contributed by atoms with Gasteiger partial charge in [-0.05, 0) is 49.1 Å². The maximum atomic E-state index is 14.0. The predicted molar refractivity (Wildman–Crippen MR) is 144 cm³/mol. The third-order valence-electron chi connectivity index (χ3n) is 7.00. The van der Waals surface area contributed by atoms with Gasteiger partial charge in [0.1, 0.15) is 16.8 Å². The van der Waals surface area contributed by atoms with Gasteiger partial charge < -0.3 is 15.8 Å². The minimum Gasteiger partial charge on any atom is -0.462 e. The Morgan fingerprint density at radius 1 is 1.14 bits per heavy atom. The van der Waals surface area contributed by atoms with E-state index in [2.05, 4.69) is 5.32 Å². The molecule has 1 aliphatic carbocycles. The first-order valence-electron chi connectivity index (χ1n) is 11.7. The molecule has 0 bridgehead atoms. The molecule has 3 N–H and O–H groups in total. The van der Waals surface area contributed by atoms with Crippen molar-refractivity contribution in [2.24, 2.45) is 11.1 Å². The predicted octanol–water partition coefficient (Wildman–Crippen LogP) is 5.73. The summed E-state index contributed by atoms with van der Waals surface area (Å²) < 4.78 is 5.42. The van der Waals surface area contributed by atoms with E-state index in [-0.39, 0.29) is 45.8 Å². The van der Waals surface area contributed by atoms with Crippen molar-refractivity contribution in [1.29, 1.82) is 0 Å². The number of halogens is 3. The number of ether oxygens (including phenoxy) is 1. The van der Waals surface area contributed by atoms with Crippen LogP contribution in [0, 0.1) is 5.41 Å². The van der Waals surface area contributed by atoms with Gasteiger partial charge in [-0.15, -0.1) is 0 Å². The number of ketones is 1. The Morgan fingerprint density at radius 2 is 1.86 bits per heavy atom. The SMILES string of the molecule is CCOC(=O)C1=C(N)N(c2cccc(Cl)c2Cl)C2=C(C(=O)CC(C)(C)C2)C12C(=O)Nc1ccc(Cl)cc12. The van der Waals surface area contributed by atoms with E-state index in [0.717, 1.165) is 0 Å². The topological polar surface area (TPSA) is 102 Å². The van der Waals surface area contributed by atoms with Gasteiger partial charge in [-0.3, -0.25) is 14.5 Å². The van der Waals surface area contributed by atoms with Gasteiger partial charge >= 0.3 is 5.97 Å². The van der Waals surface area contributed by atoms with Crippen molar-refractivity contribution in [2.75, 3.05) is 16.8 Å². The van der Waals surface area contributed by atoms with E-state index in [0.29, 0.717) is 34.1 Å². The lowest BCUT2D eigenvalue weighted by molar-refractivity contribution is -0.140. The average molecular weight is 561 g/mol. The number of carbonyl (C=O) groups excluding carboxylic acids is 3. The molecule has 0 saturated heterocycles. The summed E-state index contributed by atoms with van der Waals surface area (Å²) in [6, 6.07) is 9.86. The summed E-state index contributed by atoms with van der Waals surface area (Å²) in [5, 5.41) is 3.63. The molecule has 2 aromatic rings. The molecule has 0 radical (unpaired) electrons. The Balaban J connectivity index is 1.95. The molecule has 2 aliphatic heterocycles. The first-order chi connectivity index (χ1) is 17.4. The summed E-state index contributed by atoms with van der Waals surface area (Å²) in [6.07, 6.45) is 0.530. The van der Waals surface area contributed by atoms with E-state index in [1.54, 1.807) is 48.2 Å². The van der Waals surface area contributed by atoms with Crippen molar-refractivity contribution in [2.45, 2.75) is 39.0 Å². The number of hydrogen-bond donors (Lipinski definition) is 2. The zero-order valence-electron chi connectivity index (χ0n) is 20.4. The summed E-state index contributed by atoms with van der Waals surface area (Å²) in [4.78, 5) is 43.3. The highest BCUT2D eigenvalue weighted by atomic mass is 35.5. The number of esters is 1. The molecule has 1 amide bonds. The fraction of sp³-hybridized carbons (Fsp3) is 0.296. The van der Waals surface area contributed by atoms with Crippen molar-refractivity contribution >= 4 is 63.8 Å². The van der Waals surface area contributed by atoms with Gasteiger partial charge in [-0.2, -0.15) is 0 Å². The van der Waals surface area contributed by atoms with E-state index in [4.69, 9.17) is 45.3 Å². The highest BCUT2D eigenvalue weighted by Gasteiger charge is 2.63. The number of anilines is 2. The standard InChI is InChI=1S/C27H24Cl3N3O4/c1-4-37-24(35)21-23(31)33(17-7-5-6-15(29)22(17)30)18-11-26(2,3)12-19(34)20(18)27(21)14-10-13(28)8-9-16(14)32-25(27)36/h5-10H,4,11-12,31H2,1-3H3,(H,32,36). The first kappa shape index (κ1) is 25.6. The zero-order valence-corrected chi connectivity index (χ0v) is 22.6. The average Bonchev–Trinajstić information content (AvgIpc) is 3.07. The molecule has 2 aromatic carbocycles. The lowest BCUT2D eigenvalue weighted by Crippen LogP contribution is -2.54. The van der Waals surface area contributed by atoms with Gasteiger partial charge in [-0.1, -0.05) is 54.7 Å². The molecule has 0 aromatic heterocycles. The molecular formula is C27H24Cl3N3O4. The maximum absolute atomic E-state index is 14.0. The van der Waals surface area contributed by atoms with Crippen molar-refractivity contribution < 1.29 is 19.1 Å². The van der Waals surface area contributed by atoms with Gasteiger partial charge in [0.2, 0.25) is 5.91 Å². The van der Waals surface area contributed by atoms with Crippen molar-refractivity contribution in [3.8, 4) is 0 Å². The summed E-state index contributed by atoms with van der Waals surface area (Å²) in [7, 11) is 0. The highest BCUT2D eigenvalue weighted by molar-refractivity contribution is 6.44. The summed E-state index contributed by atoms with van der Waals surface area (Å²) in [6.45, 7) is 5.59. The molecule has 37 heavy (non-hydrogen) atoms. The quantitative estimate of drug-likeness (QED) is 0.465. The number of Topliss-reactive ketones (excluding diaryl/α,β-unsaturated/α-hetero) is 1. The van der Waals surface area contributed by atoms with Crippen LogP contribution in [-0.2, 0) is 24.5 Å². The fourth-order valence-corrected chi connectivity index (χ4v) is 6.20. The van der Waals surface area contributed by atoms with Crippen LogP contribution in [0.15, 0.2) is 59.1 Å². The Kier molecular flexibility index (Phi) is 6.09. The van der Waals surface area contributed by atoms with Crippen LogP contribution < -0.4 is 16.0 Å². The van der Waals surface area contributed by atoms with Crippen LogP contribution in [-0.4, -0.2) is 24.3 Å². The fourth-order valence-electron chi connectivity index (χ4n) is 5.65. The van der Waals surface area contributed by atoms with Crippen LogP contribution in [0.3, 0.4) is 0 Å². The number of nitrogens with one attached hydrogen (secondary N) is 1. The second-order valence-electron chi connectivity index (χ2n) is 10.0. The largest absolute Gasteiger partial charge is 0.462 e. The number of hydrogen-bond acceptors (Lipinski definition) is 6. The third kappa shape index (κ3) is 3.67. The van der Waals surface area contributed by atoms with Crippen LogP contribution in [0.1, 0.15) is 39.2 Å². The molecule has 10 heteroatoms. The van der Waals surface area contributed by atoms with E-state index < -0.39 is 22.7 Å². The summed E-state index contributed by atoms with van der Waals surface area (Å²) >= 11 is 19.3. The Hall–Kier alpha value is -3.00. The normalized spacial score (nSPS) is 22.3. The van der Waals surface area contributed by atoms with Gasteiger partial charge in [0.15, 0.2) is 5.78 Å². The minimum atomic E-state index is -1.85. The molecule has 0 saturated carbocycles. The Bertz CT molecular complexity index is 1460. The number of fused-ring (bicyclic) bond motifs is 3. The van der Waals surface area contributed by atoms with Crippen LogP contribution in [0.5, 0.6) is 0 Å². The minimum absolute atomic E-state index is 0.0283. The Labute approximate surface area is 229 Å². The maximum Gasteiger partial charge on any atom is 0.339 e. The van der Waals surface area contributed by atoms with E-state index in [1.165, 1.54) is 0 Å². The van der Waals surface area contributed by atoms with Crippen molar-refractivity contribution in [1.82, 2.24) is 0 Å². The van der Waals surface area contributed by atoms with Crippen LogP contribution in [0.25, 0.3) is 0 Å². The zero-order chi connectivity index (χ0) is 26.9. The lowest BCUT2D eigenvalue weighted by Gasteiger charge is -2.47. The van der Waals surface area contributed by atoms with Gasteiger partial charge in [0.05, 0.1) is 22.3 Å². The molecule has 1 unspecified atom stereocenters. The van der Waals surface area contributed by atoms with Gasteiger partial charge in [0.25, 0.3) is 0 Å². The molecular weight excluding hydrogens is 537 g/mol.